The predicted octanol–water partition coefficient (Wildman–Crippen LogP) is 0.854. The van der Waals surface area contributed by atoms with Gasteiger partial charge in [-0.15, -0.1) is 0 Å². The van der Waals surface area contributed by atoms with Crippen molar-refractivity contribution in [2.75, 3.05) is 6.54 Å². The molecule has 0 aromatic heterocycles. The van der Waals surface area contributed by atoms with E-state index in [-0.39, 0.29) is 0 Å². The quantitative estimate of drug-likeness (QED) is 0.523. The van der Waals surface area contributed by atoms with E-state index in [4.69, 9.17) is 0 Å². The minimum atomic E-state index is 0.842. The first kappa shape index (κ1) is 4.84. The van der Waals surface area contributed by atoms with Crippen LogP contribution in [0.25, 0.3) is 0 Å². The highest BCUT2D eigenvalue weighted by Crippen LogP contribution is 2.04. The maximum Gasteiger partial charge on any atom is 0.121 e. The molecule has 38 valence electrons. The highest BCUT2D eigenvalue weighted by molar-refractivity contribution is 9.11. The van der Waals surface area contributed by atoms with E-state index in [9.17, 15) is 0 Å². The van der Waals surface area contributed by atoms with Crippen LogP contribution in [0.5, 0.6) is 0 Å². The van der Waals surface area contributed by atoms with E-state index in [2.05, 4.69) is 26.2 Å². The van der Waals surface area contributed by atoms with Crippen LogP contribution < -0.4 is 5.32 Å². The van der Waals surface area contributed by atoms with Crippen molar-refractivity contribution >= 4 is 22.1 Å². The van der Waals surface area contributed by atoms with Crippen LogP contribution in [0.4, 0.5) is 0 Å². The Kier molecular flexibility index (Phi) is 1.46. The fraction of sp³-hybridized carbons (Fsp3) is 0.250. The largest absolute Gasteiger partial charge is 0.384 e. The van der Waals surface area contributed by atoms with Crippen LogP contribution >= 0.6 is 15.9 Å². The normalized spacial score (nSPS) is 18.1. The fourth-order valence-corrected chi connectivity index (χ4v) is 0.673. The smallest absolute Gasteiger partial charge is 0.121 e. The molecule has 3 heteroatoms. The molecule has 0 aromatic rings. The second-order valence-electron chi connectivity index (χ2n) is 1.19. The van der Waals surface area contributed by atoms with Crippen molar-refractivity contribution in [3.8, 4) is 0 Å². The van der Waals surface area contributed by atoms with Gasteiger partial charge in [0.1, 0.15) is 4.61 Å². The highest BCUT2D eigenvalue weighted by Gasteiger charge is 1.87. The summed E-state index contributed by atoms with van der Waals surface area (Å²) < 4.78 is 0.860. The molecule has 0 aromatic carbocycles. The number of nitrogens with zero attached hydrogens (tertiary/aromatic N) is 1. The molecule has 0 radical (unpaired) electrons. The second kappa shape index (κ2) is 2.12. The van der Waals surface area contributed by atoms with Crippen molar-refractivity contribution in [2.24, 2.45) is 4.99 Å². The van der Waals surface area contributed by atoms with E-state index < -0.39 is 0 Å². The van der Waals surface area contributed by atoms with Gasteiger partial charge in [0, 0.05) is 19.0 Å². The maximum absolute atomic E-state index is 3.92. The number of aliphatic imine (C=N–C) groups is 1. The molecule has 1 N–H and O–H groups in total. The summed E-state index contributed by atoms with van der Waals surface area (Å²) in [6.07, 6.45) is 3.63. The van der Waals surface area contributed by atoms with Crippen LogP contribution in [0.15, 0.2) is 15.8 Å². The Labute approximate surface area is 50.5 Å². The molecule has 0 spiro atoms. The van der Waals surface area contributed by atoms with E-state index in [1.807, 2.05) is 12.4 Å². The number of hydrogen-bond donors (Lipinski definition) is 1. The van der Waals surface area contributed by atoms with Crippen LogP contribution in [0.2, 0.25) is 0 Å². The van der Waals surface area contributed by atoms with Gasteiger partial charge in [0.25, 0.3) is 0 Å². The number of halogens is 1. The number of rotatable bonds is 0. The van der Waals surface area contributed by atoms with E-state index in [1.165, 1.54) is 0 Å². The summed E-state index contributed by atoms with van der Waals surface area (Å²) in [6.45, 7) is 0.842. The number of nitrogens with one attached hydrogen (secondary N) is 1. The first-order chi connectivity index (χ1) is 3.39. The van der Waals surface area contributed by atoms with Gasteiger partial charge in [0.05, 0.1) is 0 Å². The topological polar surface area (TPSA) is 24.4 Å². The van der Waals surface area contributed by atoms with E-state index in [1.54, 1.807) is 0 Å². The summed E-state index contributed by atoms with van der Waals surface area (Å²) in [5, 5.41) is 2.98. The summed E-state index contributed by atoms with van der Waals surface area (Å²) in [4.78, 5) is 3.92. The molecule has 0 fully saturated rings. The Hall–Kier alpha value is -0.310. The fourth-order valence-electron chi connectivity index (χ4n) is 0.366. The van der Waals surface area contributed by atoms with Crippen molar-refractivity contribution in [1.29, 1.82) is 0 Å². The minimum absolute atomic E-state index is 0.842. The SMILES string of the molecule is BrC1=CNCC=N1. The lowest BCUT2D eigenvalue weighted by Gasteiger charge is -1.98. The van der Waals surface area contributed by atoms with Crippen LogP contribution in [0.1, 0.15) is 0 Å². The van der Waals surface area contributed by atoms with Gasteiger partial charge in [-0.05, 0) is 15.9 Å². The molecule has 0 saturated heterocycles. The monoisotopic (exact) mass is 160 g/mol. The number of hydrogen-bond acceptors (Lipinski definition) is 2. The molecule has 0 bridgehead atoms. The Morgan fingerprint density at radius 1 is 1.86 bits per heavy atom. The molecule has 0 atom stereocenters. The van der Waals surface area contributed by atoms with E-state index in [0.29, 0.717) is 0 Å². The van der Waals surface area contributed by atoms with Gasteiger partial charge in [-0.3, -0.25) is 4.99 Å². The van der Waals surface area contributed by atoms with Gasteiger partial charge in [-0.25, -0.2) is 0 Å². The summed E-state index contributed by atoms with van der Waals surface area (Å²) in [5.41, 5.74) is 0. The first-order valence-electron chi connectivity index (χ1n) is 2.01. The average Bonchev–Trinajstić information content (AvgIpc) is 1.69. The lowest BCUT2D eigenvalue weighted by molar-refractivity contribution is 1.00. The third-order valence-corrected chi connectivity index (χ3v) is 1.08. The summed E-state index contributed by atoms with van der Waals surface area (Å²) in [5.74, 6) is 0. The molecule has 1 heterocycles. The van der Waals surface area contributed by atoms with Crippen molar-refractivity contribution in [3.63, 3.8) is 0 Å². The van der Waals surface area contributed by atoms with Crippen molar-refractivity contribution in [2.45, 2.75) is 0 Å². The molecule has 7 heavy (non-hydrogen) atoms. The van der Waals surface area contributed by atoms with Crippen LogP contribution in [-0.2, 0) is 0 Å². The average molecular weight is 161 g/mol. The zero-order valence-corrected chi connectivity index (χ0v) is 5.27. The van der Waals surface area contributed by atoms with Crippen molar-refractivity contribution in [3.05, 3.63) is 10.8 Å². The van der Waals surface area contributed by atoms with Gasteiger partial charge in [-0.1, -0.05) is 0 Å². The lowest BCUT2D eigenvalue weighted by atomic mass is 10.6. The third kappa shape index (κ3) is 1.31. The second-order valence-corrected chi connectivity index (χ2v) is 2.00. The molecule has 0 aliphatic carbocycles. The molecule has 0 saturated carbocycles. The first-order valence-corrected chi connectivity index (χ1v) is 2.80. The van der Waals surface area contributed by atoms with Gasteiger partial charge in [0.2, 0.25) is 0 Å². The molecule has 0 amide bonds. The van der Waals surface area contributed by atoms with E-state index in [0.717, 1.165) is 11.2 Å². The third-order valence-electron chi connectivity index (χ3n) is 0.645. The minimum Gasteiger partial charge on any atom is -0.384 e. The Balaban J connectivity index is 2.58. The van der Waals surface area contributed by atoms with Crippen LogP contribution in [0.3, 0.4) is 0 Å². The summed E-state index contributed by atoms with van der Waals surface area (Å²) in [7, 11) is 0. The molecule has 1 aliphatic rings. The zero-order valence-electron chi connectivity index (χ0n) is 3.69. The molecule has 1 aliphatic heterocycles. The van der Waals surface area contributed by atoms with Crippen molar-refractivity contribution < 1.29 is 0 Å². The Morgan fingerprint density at radius 3 is 3.00 bits per heavy atom. The summed E-state index contributed by atoms with van der Waals surface area (Å²) in [6, 6.07) is 0. The molecule has 0 unspecified atom stereocenters. The lowest BCUT2D eigenvalue weighted by Crippen LogP contribution is -2.11. The molecular weight excluding hydrogens is 156 g/mol. The van der Waals surface area contributed by atoms with Gasteiger partial charge < -0.3 is 5.32 Å². The van der Waals surface area contributed by atoms with Crippen molar-refractivity contribution in [1.82, 2.24) is 5.32 Å². The van der Waals surface area contributed by atoms with Gasteiger partial charge in [-0.2, -0.15) is 0 Å². The molecule has 2 nitrogen and oxygen atoms in total. The predicted molar refractivity (Wildman–Crippen MR) is 33.5 cm³/mol. The molecule has 1 rings (SSSR count). The van der Waals surface area contributed by atoms with Crippen LogP contribution in [0, 0.1) is 0 Å². The summed E-state index contributed by atoms with van der Waals surface area (Å²) >= 11 is 3.19. The van der Waals surface area contributed by atoms with Crippen LogP contribution in [-0.4, -0.2) is 12.8 Å². The van der Waals surface area contributed by atoms with E-state index >= 15 is 0 Å². The van der Waals surface area contributed by atoms with Gasteiger partial charge >= 0.3 is 0 Å². The Morgan fingerprint density at radius 2 is 2.71 bits per heavy atom. The highest BCUT2D eigenvalue weighted by atomic mass is 79.9. The molecular formula is C4H5BrN2. The van der Waals surface area contributed by atoms with Gasteiger partial charge in [0.15, 0.2) is 0 Å². The zero-order chi connectivity index (χ0) is 5.11. The Bertz CT molecular complexity index is 117. The maximum atomic E-state index is 3.92. The standard InChI is InChI=1S/C4H5BrN2/c5-4-3-6-1-2-7-4/h2-3,6H,1H2.